The summed E-state index contributed by atoms with van der Waals surface area (Å²) in [6.45, 7) is 0. The van der Waals surface area contributed by atoms with Crippen LogP contribution < -0.4 is 5.73 Å². The van der Waals surface area contributed by atoms with Crippen molar-refractivity contribution in [3.05, 3.63) is 60.1 Å². The van der Waals surface area contributed by atoms with Gasteiger partial charge in [-0.25, -0.2) is 0 Å². The summed E-state index contributed by atoms with van der Waals surface area (Å²) in [4.78, 5) is 11.1. The fourth-order valence-corrected chi connectivity index (χ4v) is 1.32. The molecule has 0 aliphatic rings. The maximum atomic E-state index is 11.1. The maximum Gasteiger partial charge on any atom is 0.248 e. The van der Waals surface area contributed by atoms with Gasteiger partial charge >= 0.3 is 0 Å². The normalized spacial score (nSPS) is 11.7. The molecule has 0 atom stereocenters. The van der Waals surface area contributed by atoms with Crippen molar-refractivity contribution in [2.24, 2.45) is 5.73 Å². The second-order valence-corrected chi connectivity index (χ2v) is 3.14. The van der Waals surface area contributed by atoms with Crippen LogP contribution in [0.25, 0.3) is 11.1 Å². The minimum absolute atomic E-state index is 0.0103. The van der Waals surface area contributed by atoms with Crippen molar-refractivity contribution in [1.29, 1.82) is 0 Å². The zero-order valence-electron chi connectivity index (χ0n) is 10.0. The average molecular weight is 199 g/mol. The molecule has 74 valence electrons. The molecule has 0 aromatic heterocycles. The lowest BCUT2D eigenvalue weighted by Gasteiger charge is -2.01. The van der Waals surface area contributed by atoms with Gasteiger partial charge in [-0.05, 0) is 23.2 Å². The Hall–Kier alpha value is -2.09. The molecule has 0 aliphatic heterocycles. The molecule has 2 aromatic rings. The van der Waals surface area contributed by atoms with E-state index in [1.54, 1.807) is 12.1 Å². The fourth-order valence-electron chi connectivity index (χ4n) is 1.32. The number of rotatable bonds is 2. The van der Waals surface area contributed by atoms with Gasteiger partial charge in [0.25, 0.3) is 0 Å². The second kappa shape index (κ2) is 3.96. The Kier molecular flexibility index (Phi) is 1.91. The first kappa shape index (κ1) is 7.23. The summed E-state index contributed by atoms with van der Waals surface area (Å²) < 4.78 is 15.4. The largest absolute Gasteiger partial charge is 0.366 e. The molecule has 0 radical (unpaired) electrons. The standard InChI is InChI=1S/C13H11NO/c14-13(15)12-8-6-11(7-9-12)10-4-2-1-3-5-10/h1-9H,(H2,14,15)/i8D,9D. The summed E-state index contributed by atoms with van der Waals surface area (Å²) in [5, 5.41) is 0. The molecule has 0 aliphatic carbocycles. The van der Waals surface area contributed by atoms with Crippen LogP contribution in [-0.2, 0) is 0 Å². The van der Waals surface area contributed by atoms with Gasteiger partial charge in [0.05, 0.1) is 2.74 Å². The van der Waals surface area contributed by atoms with Crippen LogP contribution in [0.15, 0.2) is 54.5 Å². The lowest BCUT2D eigenvalue weighted by Crippen LogP contribution is -2.10. The molecular formula is C13H11NO. The highest BCUT2D eigenvalue weighted by atomic mass is 16.1. The van der Waals surface area contributed by atoms with Crippen molar-refractivity contribution in [2.45, 2.75) is 0 Å². The predicted octanol–water partition coefficient (Wildman–Crippen LogP) is 2.45. The van der Waals surface area contributed by atoms with E-state index in [1.807, 2.05) is 30.3 Å². The Morgan fingerprint density at radius 1 is 1.00 bits per heavy atom. The van der Waals surface area contributed by atoms with Crippen LogP contribution in [0.4, 0.5) is 0 Å². The average Bonchev–Trinajstić information content (AvgIpc) is 2.28. The Morgan fingerprint density at radius 2 is 1.53 bits per heavy atom. The first-order valence-electron chi connectivity index (χ1n) is 5.56. The molecule has 0 bridgehead atoms. The molecule has 0 saturated carbocycles. The lowest BCUT2D eigenvalue weighted by atomic mass is 10.0. The van der Waals surface area contributed by atoms with Crippen molar-refractivity contribution in [1.82, 2.24) is 0 Å². The Balaban J connectivity index is 2.57. The fraction of sp³-hybridized carbons (Fsp3) is 0. The van der Waals surface area contributed by atoms with Gasteiger partial charge in [-0.3, -0.25) is 4.79 Å². The molecule has 0 fully saturated rings. The van der Waals surface area contributed by atoms with Gasteiger partial charge in [0.15, 0.2) is 0 Å². The van der Waals surface area contributed by atoms with Crippen molar-refractivity contribution < 1.29 is 7.54 Å². The van der Waals surface area contributed by atoms with Gasteiger partial charge in [-0.1, -0.05) is 42.5 Å². The molecular weight excluding hydrogens is 186 g/mol. The summed E-state index contributed by atoms with van der Waals surface area (Å²) in [5.74, 6) is -0.736. The van der Waals surface area contributed by atoms with Crippen molar-refractivity contribution in [3.63, 3.8) is 0 Å². The number of nitrogens with two attached hydrogens (primary N) is 1. The number of amides is 1. The summed E-state index contributed by atoms with van der Waals surface area (Å²) in [5.41, 5.74) is 6.74. The first-order valence-corrected chi connectivity index (χ1v) is 4.56. The first-order chi connectivity index (χ1) is 8.09. The minimum atomic E-state index is -0.736. The quantitative estimate of drug-likeness (QED) is 0.793. The molecule has 0 saturated heterocycles. The van der Waals surface area contributed by atoms with E-state index in [2.05, 4.69) is 0 Å². The van der Waals surface area contributed by atoms with E-state index in [-0.39, 0.29) is 17.6 Å². The minimum Gasteiger partial charge on any atom is -0.366 e. The molecule has 2 nitrogen and oxygen atoms in total. The van der Waals surface area contributed by atoms with Gasteiger partial charge in [0, 0.05) is 5.56 Å². The van der Waals surface area contributed by atoms with Gasteiger partial charge in [-0.15, -0.1) is 0 Å². The number of primary amides is 1. The third-order valence-electron chi connectivity index (χ3n) is 2.10. The van der Waals surface area contributed by atoms with Crippen LogP contribution in [0, 0.1) is 0 Å². The van der Waals surface area contributed by atoms with E-state index < -0.39 is 5.91 Å². The third-order valence-corrected chi connectivity index (χ3v) is 2.10. The van der Waals surface area contributed by atoms with E-state index in [0.29, 0.717) is 0 Å². The van der Waals surface area contributed by atoms with Crippen LogP contribution in [0.5, 0.6) is 0 Å². The molecule has 2 rings (SSSR count). The summed E-state index contributed by atoms with van der Waals surface area (Å²) in [6.07, 6.45) is 0. The number of carbonyl (C=O) groups excluding carboxylic acids is 1. The zero-order chi connectivity index (χ0) is 12.4. The molecule has 1 amide bonds. The van der Waals surface area contributed by atoms with Crippen molar-refractivity contribution in [3.8, 4) is 11.1 Å². The topological polar surface area (TPSA) is 43.1 Å². The summed E-state index contributed by atoms with van der Waals surface area (Å²) in [6, 6.07) is 12.5. The number of benzene rings is 2. The van der Waals surface area contributed by atoms with Crippen LogP contribution in [0.1, 0.15) is 13.1 Å². The third kappa shape index (κ3) is 2.05. The van der Waals surface area contributed by atoms with Crippen LogP contribution in [0.3, 0.4) is 0 Å². The highest BCUT2D eigenvalue weighted by Gasteiger charge is 2.00. The molecule has 2 heteroatoms. The molecule has 15 heavy (non-hydrogen) atoms. The molecule has 2 N–H and O–H groups in total. The predicted molar refractivity (Wildman–Crippen MR) is 60.4 cm³/mol. The van der Waals surface area contributed by atoms with E-state index in [1.165, 1.54) is 0 Å². The van der Waals surface area contributed by atoms with Crippen LogP contribution in [-0.4, -0.2) is 5.91 Å². The number of hydrogen-bond acceptors (Lipinski definition) is 1. The van der Waals surface area contributed by atoms with E-state index in [4.69, 9.17) is 8.48 Å². The second-order valence-electron chi connectivity index (χ2n) is 3.14. The Morgan fingerprint density at radius 3 is 2.07 bits per heavy atom. The van der Waals surface area contributed by atoms with Gasteiger partial charge in [0.2, 0.25) is 5.91 Å². The van der Waals surface area contributed by atoms with Crippen molar-refractivity contribution >= 4 is 5.91 Å². The number of hydrogen-bond donors (Lipinski definition) is 1. The number of carbonyl (C=O) groups is 1. The summed E-state index contributed by atoms with van der Waals surface area (Å²) in [7, 11) is 0. The van der Waals surface area contributed by atoms with Crippen LogP contribution >= 0.6 is 0 Å². The van der Waals surface area contributed by atoms with Crippen LogP contribution in [0.2, 0.25) is 0 Å². The van der Waals surface area contributed by atoms with E-state index >= 15 is 0 Å². The maximum absolute atomic E-state index is 11.1. The molecule has 0 unspecified atom stereocenters. The van der Waals surface area contributed by atoms with Gasteiger partial charge in [-0.2, -0.15) is 0 Å². The van der Waals surface area contributed by atoms with E-state index in [9.17, 15) is 4.79 Å². The Bertz CT molecular complexity index is 544. The molecule has 0 spiro atoms. The summed E-state index contributed by atoms with van der Waals surface area (Å²) >= 11 is 0. The van der Waals surface area contributed by atoms with Gasteiger partial charge < -0.3 is 5.73 Å². The smallest absolute Gasteiger partial charge is 0.248 e. The highest BCUT2D eigenvalue weighted by molar-refractivity contribution is 5.93. The monoisotopic (exact) mass is 199 g/mol. The highest BCUT2D eigenvalue weighted by Crippen LogP contribution is 2.18. The Labute approximate surface area is 91.2 Å². The van der Waals surface area contributed by atoms with E-state index in [0.717, 1.165) is 11.1 Å². The SMILES string of the molecule is [2H]c1cc(-c2ccccc2)cc([2H])c1C(N)=O. The van der Waals surface area contributed by atoms with Crippen molar-refractivity contribution in [2.75, 3.05) is 0 Å². The molecule has 0 heterocycles. The lowest BCUT2D eigenvalue weighted by molar-refractivity contribution is 0.100. The van der Waals surface area contributed by atoms with Gasteiger partial charge in [0.1, 0.15) is 0 Å². The molecule has 2 aromatic carbocycles. The zero-order valence-corrected chi connectivity index (χ0v) is 8.03.